The highest BCUT2D eigenvalue weighted by atomic mass is 16.5. The quantitative estimate of drug-likeness (QED) is 0.410. The van der Waals surface area contributed by atoms with Gasteiger partial charge in [0.15, 0.2) is 0 Å². The molecule has 0 spiro atoms. The molecule has 5 nitrogen and oxygen atoms in total. The zero-order valence-corrected chi connectivity index (χ0v) is 17.7. The van der Waals surface area contributed by atoms with Crippen LogP contribution in [0.25, 0.3) is 10.8 Å². The summed E-state index contributed by atoms with van der Waals surface area (Å²) in [7, 11) is 0. The fraction of sp³-hybridized carbons (Fsp3) is 0.231. The van der Waals surface area contributed by atoms with Crippen LogP contribution >= 0.6 is 0 Å². The highest BCUT2D eigenvalue weighted by molar-refractivity contribution is 5.88. The second kappa shape index (κ2) is 10.0. The van der Waals surface area contributed by atoms with E-state index in [0.29, 0.717) is 6.61 Å². The van der Waals surface area contributed by atoms with Crippen LogP contribution in [0.5, 0.6) is 0 Å². The molecule has 0 fully saturated rings. The number of hydrogen-bond donors (Lipinski definition) is 1. The van der Waals surface area contributed by atoms with Crippen molar-refractivity contribution in [3.05, 3.63) is 96.6 Å². The van der Waals surface area contributed by atoms with Gasteiger partial charge in [0.05, 0.1) is 19.0 Å². The Labute approximate surface area is 182 Å². The minimum atomic E-state index is -0.0715. The predicted molar refractivity (Wildman–Crippen MR) is 124 cm³/mol. The average Bonchev–Trinajstić information content (AvgIpc) is 3.29. The van der Waals surface area contributed by atoms with Crippen LogP contribution in [-0.2, 0) is 29.1 Å². The topological polar surface area (TPSA) is 56.1 Å². The Morgan fingerprint density at radius 1 is 1.06 bits per heavy atom. The molecule has 0 aliphatic rings. The van der Waals surface area contributed by atoms with E-state index in [9.17, 15) is 4.79 Å². The normalized spacial score (nSPS) is 12.0. The summed E-state index contributed by atoms with van der Waals surface area (Å²) in [5.74, 6) is -0.0715. The molecule has 4 rings (SSSR count). The highest BCUT2D eigenvalue weighted by Crippen LogP contribution is 2.21. The smallest absolute Gasteiger partial charge is 0.221 e. The second-order valence-electron chi connectivity index (χ2n) is 7.75. The zero-order chi connectivity index (χ0) is 21.5. The molecule has 0 saturated carbocycles. The maximum atomic E-state index is 11.2. The van der Waals surface area contributed by atoms with Gasteiger partial charge in [-0.05, 0) is 46.9 Å². The van der Waals surface area contributed by atoms with Crippen molar-refractivity contribution < 1.29 is 9.53 Å². The summed E-state index contributed by atoms with van der Waals surface area (Å²) in [5.41, 5.74) is 3.22. The van der Waals surface area contributed by atoms with Gasteiger partial charge in [-0.3, -0.25) is 4.79 Å². The van der Waals surface area contributed by atoms with E-state index >= 15 is 0 Å². The van der Waals surface area contributed by atoms with Crippen LogP contribution in [-0.4, -0.2) is 21.6 Å². The molecule has 5 heteroatoms. The predicted octanol–water partition coefficient (Wildman–Crippen LogP) is 5.21. The first kappa shape index (κ1) is 20.8. The van der Waals surface area contributed by atoms with Crippen molar-refractivity contribution in [1.29, 1.82) is 0 Å². The molecule has 1 heterocycles. The Hall–Kier alpha value is -3.44. The third kappa shape index (κ3) is 5.80. The summed E-state index contributed by atoms with van der Waals surface area (Å²) < 4.78 is 8.38. The van der Waals surface area contributed by atoms with Crippen molar-refractivity contribution in [2.45, 2.75) is 39.0 Å². The standard InChI is InChI=1S/C26H27N3O2/c1-20(30)28-24-12-9-21(10-13-24)18-31-25(17-29-16-15-27-19-29)14-11-23-7-4-6-22-5-2-3-8-26(22)23/h2-10,12-13,15-16,19,25H,11,14,17-18H2,1H3,(H,28,30). The number of aromatic nitrogens is 2. The van der Waals surface area contributed by atoms with Crippen molar-refractivity contribution in [2.24, 2.45) is 0 Å². The molecule has 1 atom stereocenters. The molecule has 0 saturated heterocycles. The molecule has 0 aliphatic heterocycles. The molecule has 31 heavy (non-hydrogen) atoms. The number of anilines is 1. The van der Waals surface area contributed by atoms with E-state index in [-0.39, 0.29) is 12.0 Å². The lowest BCUT2D eigenvalue weighted by molar-refractivity contribution is -0.114. The lowest BCUT2D eigenvalue weighted by Crippen LogP contribution is -2.20. The maximum absolute atomic E-state index is 11.2. The monoisotopic (exact) mass is 413 g/mol. The number of hydrogen-bond acceptors (Lipinski definition) is 3. The van der Waals surface area contributed by atoms with Gasteiger partial charge in [0.2, 0.25) is 5.91 Å². The molecule has 1 amide bonds. The van der Waals surface area contributed by atoms with Crippen LogP contribution in [0.2, 0.25) is 0 Å². The number of benzene rings is 3. The number of rotatable bonds is 9. The number of amides is 1. The summed E-state index contributed by atoms with van der Waals surface area (Å²) in [6.07, 6.45) is 7.51. The van der Waals surface area contributed by atoms with Crippen molar-refractivity contribution in [1.82, 2.24) is 9.55 Å². The summed E-state index contributed by atoms with van der Waals surface area (Å²) in [6.45, 7) is 2.79. The Morgan fingerprint density at radius 2 is 1.87 bits per heavy atom. The minimum absolute atomic E-state index is 0.0585. The molecule has 158 valence electrons. The number of imidazole rings is 1. The van der Waals surface area contributed by atoms with Crippen molar-refractivity contribution in [2.75, 3.05) is 5.32 Å². The molecule has 1 unspecified atom stereocenters. The van der Waals surface area contributed by atoms with Crippen LogP contribution < -0.4 is 5.32 Å². The number of carbonyl (C=O) groups excluding carboxylic acids is 1. The largest absolute Gasteiger partial charge is 0.372 e. The first-order valence-electron chi connectivity index (χ1n) is 10.6. The van der Waals surface area contributed by atoms with Gasteiger partial charge in [-0.25, -0.2) is 4.98 Å². The second-order valence-corrected chi connectivity index (χ2v) is 7.75. The third-order valence-electron chi connectivity index (χ3n) is 5.35. The van der Waals surface area contributed by atoms with Crippen LogP contribution in [0.4, 0.5) is 5.69 Å². The maximum Gasteiger partial charge on any atom is 0.221 e. The molecule has 0 aliphatic carbocycles. The van der Waals surface area contributed by atoms with Gasteiger partial charge in [-0.15, -0.1) is 0 Å². The molecule has 0 radical (unpaired) electrons. The lowest BCUT2D eigenvalue weighted by Gasteiger charge is -2.19. The fourth-order valence-corrected chi connectivity index (χ4v) is 3.79. The molecule has 1 aromatic heterocycles. The average molecular weight is 414 g/mol. The van der Waals surface area contributed by atoms with E-state index in [2.05, 4.69) is 57.3 Å². The summed E-state index contributed by atoms with van der Waals surface area (Å²) in [6, 6.07) is 22.8. The summed E-state index contributed by atoms with van der Waals surface area (Å²) >= 11 is 0. The number of nitrogens with zero attached hydrogens (tertiary/aromatic N) is 2. The summed E-state index contributed by atoms with van der Waals surface area (Å²) in [5, 5.41) is 5.36. The van der Waals surface area contributed by atoms with Gasteiger partial charge in [-0.2, -0.15) is 0 Å². The molecular weight excluding hydrogens is 386 g/mol. The number of ether oxygens (including phenoxy) is 1. The van der Waals surface area contributed by atoms with Crippen molar-refractivity contribution in [3.63, 3.8) is 0 Å². The molecule has 4 aromatic rings. The van der Waals surface area contributed by atoms with E-state index in [1.807, 2.05) is 36.8 Å². The van der Waals surface area contributed by atoms with Gasteiger partial charge in [-0.1, -0.05) is 54.6 Å². The highest BCUT2D eigenvalue weighted by Gasteiger charge is 2.12. The summed E-state index contributed by atoms with van der Waals surface area (Å²) in [4.78, 5) is 15.4. The van der Waals surface area contributed by atoms with Crippen molar-refractivity contribution in [3.8, 4) is 0 Å². The van der Waals surface area contributed by atoms with Crippen LogP contribution in [0.3, 0.4) is 0 Å². The first-order valence-corrected chi connectivity index (χ1v) is 10.6. The van der Waals surface area contributed by atoms with Crippen LogP contribution in [0, 0.1) is 0 Å². The SMILES string of the molecule is CC(=O)Nc1ccc(COC(CCc2cccc3ccccc23)Cn2ccnc2)cc1. The number of carbonyl (C=O) groups is 1. The minimum Gasteiger partial charge on any atom is -0.372 e. The lowest BCUT2D eigenvalue weighted by atomic mass is 9.99. The number of fused-ring (bicyclic) bond motifs is 1. The first-order chi connectivity index (χ1) is 15.2. The van der Waals surface area contributed by atoms with E-state index in [4.69, 9.17) is 4.74 Å². The Bertz CT molecular complexity index is 1120. The molecular formula is C26H27N3O2. The van der Waals surface area contributed by atoms with Gasteiger partial charge in [0, 0.05) is 31.5 Å². The van der Waals surface area contributed by atoms with E-state index in [1.54, 1.807) is 6.20 Å². The van der Waals surface area contributed by atoms with E-state index < -0.39 is 0 Å². The Morgan fingerprint density at radius 3 is 2.65 bits per heavy atom. The molecule has 0 bridgehead atoms. The van der Waals surface area contributed by atoms with Crippen LogP contribution in [0.1, 0.15) is 24.5 Å². The molecule has 1 N–H and O–H groups in total. The number of aryl methyl sites for hydroxylation is 1. The van der Waals surface area contributed by atoms with Gasteiger partial charge < -0.3 is 14.6 Å². The van der Waals surface area contributed by atoms with E-state index in [1.165, 1.54) is 23.3 Å². The van der Waals surface area contributed by atoms with Crippen molar-refractivity contribution >= 4 is 22.4 Å². The zero-order valence-electron chi connectivity index (χ0n) is 17.7. The fourth-order valence-electron chi connectivity index (χ4n) is 3.79. The Kier molecular flexibility index (Phi) is 6.75. The van der Waals surface area contributed by atoms with Gasteiger partial charge in [0.1, 0.15) is 0 Å². The Balaban J connectivity index is 1.42. The van der Waals surface area contributed by atoms with Crippen LogP contribution in [0.15, 0.2) is 85.5 Å². The third-order valence-corrected chi connectivity index (χ3v) is 5.35. The van der Waals surface area contributed by atoms with E-state index in [0.717, 1.165) is 30.6 Å². The van der Waals surface area contributed by atoms with Gasteiger partial charge >= 0.3 is 0 Å². The number of nitrogens with one attached hydrogen (secondary N) is 1. The molecule has 3 aromatic carbocycles. The van der Waals surface area contributed by atoms with Gasteiger partial charge in [0.25, 0.3) is 0 Å².